The minimum absolute atomic E-state index is 0.314. The monoisotopic (exact) mass is 243 g/mol. The van der Waals surface area contributed by atoms with E-state index in [-0.39, 0.29) is 0 Å². The highest BCUT2D eigenvalue weighted by atomic mass is 35.5. The van der Waals surface area contributed by atoms with Gasteiger partial charge in [-0.2, -0.15) is 0 Å². The predicted molar refractivity (Wildman–Crippen MR) is 62.9 cm³/mol. The lowest BCUT2D eigenvalue weighted by Crippen LogP contribution is -2.34. The normalized spacial score (nSPS) is 16.9. The van der Waals surface area contributed by atoms with Gasteiger partial charge in [-0.3, -0.25) is 4.79 Å². The van der Waals surface area contributed by atoms with E-state index in [2.05, 4.69) is 4.90 Å². The minimum atomic E-state index is 0.314. The van der Waals surface area contributed by atoms with E-state index in [0.717, 1.165) is 5.69 Å². The fourth-order valence-corrected chi connectivity index (χ4v) is 2.41. The molecule has 80 valence electrons. The first-order valence-corrected chi connectivity index (χ1v) is 5.65. The van der Waals surface area contributed by atoms with Gasteiger partial charge in [0.1, 0.15) is 5.78 Å². The number of carbonyl (C=O) groups excluding carboxylic acids is 1. The lowest BCUT2D eigenvalue weighted by atomic mass is 10.1. The molecule has 0 aliphatic carbocycles. The average molecular weight is 244 g/mol. The summed E-state index contributed by atoms with van der Waals surface area (Å²) in [6, 6.07) is 5.46. The molecule has 1 fully saturated rings. The number of hydrogen-bond donors (Lipinski definition) is 0. The summed E-state index contributed by atoms with van der Waals surface area (Å²) in [5, 5.41) is 1.30. The van der Waals surface area contributed by atoms with E-state index in [4.69, 9.17) is 23.2 Å². The molecule has 0 N–H and O–H groups in total. The molecule has 0 radical (unpaired) electrons. The van der Waals surface area contributed by atoms with Crippen LogP contribution in [0.2, 0.25) is 10.0 Å². The van der Waals surface area contributed by atoms with Gasteiger partial charge in [-0.05, 0) is 12.1 Å². The third-order valence-electron chi connectivity index (χ3n) is 2.57. The van der Waals surface area contributed by atoms with Gasteiger partial charge in [-0.1, -0.05) is 29.3 Å². The lowest BCUT2D eigenvalue weighted by Gasteiger charge is -2.29. The molecule has 0 unspecified atom stereocenters. The first-order valence-electron chi connectivity index (χ1n) is 4.89. The molecule has 0 saturated carbocycles. The summed E-state index contributed by atoms with van der Waals surface area (Å²) in [6.45, 7) is 1.42. The van der Waals surface area contributed by atoms with Crippen molar-refractivity contribution in [1.82, 2.24) is 0 Å². The Labute approximate surface area is 98.8 Å². The molecule has 0 amide bonds. The fourth-order valence-electron chi connectivity index (χ4n) is 1.77. The zero-order valence-corrected chi connectivity index (χ0v) is 9.68. The molecule has 2 nitrogen and oxygen atoms in total. The van der Waals surface area contributed by atoms with Gasteiger partial charge in [0, 0.05) is 25.9 Å². The number of Topliss-reactive ketones (excluding diaryl/α,β-unsaturated/α-hetero) is 1. The molecule has 2 rings (SSSR count). The van der Waals surface area contributed by atoms with Gasteiger partial charge in [-0.25, -0.2) is 0 Å². The number of hydrogen-bond acceptors (Lipinski definition) is 2. The number of carbonyl (C=O) groups is 1. The van der Waals surface area contributed by atoms with Crippen molar-refractivity contribution in [3.8, 4) is 0 Å². The van der Waals surface area contributed by atoms with Gasteiger partial charge < -0.3 is 4.90 Å². The molecule has 1 aromatic carbocycles. The first kappa shape index (κ1) is 10.8. The van der Waals surface area contributed by atoms with Gasteiger partial charge in [0.25, 0.3) is 0 Å². The van der Waals surface area contributed by atoms with Crippen molar-refractivity contribution >= 4 is 34.7 Å². The maximum Gasteiger partial charge on any atom is 0.136 e. The van der Waals surface area contributed by atoms with Crippen LogP contribution in [0.25, 0.3) is 0 Å². The number of benzene rings is 1. The molecule has 0 bridgehead atoms. The Morgan fingerprint density at radius 2 is 1.60 bits per heavy atom. The second-order valence-electron chi connectivity index (χ2n) is 3.60. The number of rotatable bonds is 1. The Bertz CT molecular complexity index is 362. The summed E-state index contributed by atoms with van der Waals surface area (Å²) >= 11 is 12.2. The molecule has 0 spiro atoms. The van der Waals surface area contributed by atoms with Crippen molar-refractivity contribution in [2.45, 2.75) is 12.8 Å². The third-order valence-corrected chi connectivity index (χ3v) is 3.18. The van der Waals surface area contributed by atoms with E-state index >= 15 is 0 Å². The lowest BCUT2D eigenvalue weighted by molar-refractivity contribution is -0.119. The van der Waals surface area contributed by atoms with Crippen molar-refractivity contribution in [3.63, 3.8) is 0 Å². The van der Waals surface area contributed by atoms with Crippen molar-refractivity contribution < 1.29 is 4.79 Å². The van der Waals surface area contributed by atoms with Gasteiger partial charge >= 0.3 is 0 Å². The van der Waals surface area contributed by atoms with Gasteiger partial charge in [-0.15, -0.1) is 0 Å². The van der Waals surface area contributed by atoms with E-state index in [1.165, 1.54) is 0 Å². The molecule has 0 atom stereocenters. The highest BCUT2D eigenvalue weighted by molar-refractivity contribution is 6.39. The quantitative estimate of drug-likeness (QED) is 0.756. The number of anilines is 1. The van der Waals surface area contributed by atoms with Gasteiger partial charge in [0.05, 0.1) is 15.7 Å². The van der Waals surface area contributed by atoms with Crippen LogP contribution >= 0.6 is 23.2 Å². The van der Waals surface area contributed by atoms with Gasteiger partial charge in [0.2, 0.25) is 0 Å². The Morgan fingerprint density at radius 1 is 1.07 bits per heavy atom. The first-order chi connectivity index (χ1) is 7.18. The third kappa shape index (κ3) is 2.27. The fraction of sp³-hybridized carbons (Fsp3) is 0.364. The van der Waals surface area contributed by atoms with E-state index in [1.54, 1.807) is 0 Å². The summed E-state index contributed by atoms with van der Waals surface area (Å²) in [6.07, 6.45) is 1.17. The van der Waals surface area contributed by atoms with E-state index in [1.807, 2.05) is 18.2 Å². The van der Waals surface area contributed by atoms with Crippen LogP contribution in [0.15, 0.2) is 18.2 Å². The Hall–Kier alpha value is -0.730. The maximum atomic E-state index is 11.1. The number of para-hydroxylation sites is 1. The van der Waals surface area contributed by atoms with Crippen LogP contribution in [0.4, 0.5) is 5.69 Å². The van der Waals surface area contributed by atoms with Crippen molar-refractivity contribution in [1.29, 1.82) is 0 Å². The van der Waals surface area contributed by atoms with Crippen LogP contribution in [-0.4, -0.2) is 18.9 Å². The highest BCUT2D eigenvalue weighted by Gasteiger charge is 2.20. The van der Waals surface area contributed by atoms with Crippen LogP contribution < -0.4 is 4.90 Å². The number of nitrogens with zero attached hydrogens (tertiary/aromatic N) is 1. The van der Waals surface area contributed by atoms with Crippen LogP contribution in [0.5, 0.6) is 0 Å². The maximum absolute atomic E-state index is 11.1. The largest absolute Gasteiger partial charge is 0.368 e. The number of ketones is 1. The van der Waals surface area contributed by atoms with Crippen LogP contribution in [0.3, 0.4) is 0 Å². The summed E-state index contributed by atoms with van der Waals surface area (Å²) in [5.41, 5.74) is 0.855. The molecule has 1 saturated heterocycles. The van der Waals surface area contributed by atoms with Crippen LogP contribution in [-0.2, 0) is 4.79 Å². The van der Waals surface area contributed by atoms with E-state index in [9.17, 15) is 4.79 Å². The van der Waals surface area contributed by atoms with Crippen molar-refractivity contribution in [2.75, 3.05) is 18.0 Å². The topological polar surface area (TPSA) is 20.3 Å². The molecular weight excluding hydrogens is 233 g/mol. The minimum Gasteiger partial charge on any atom is -0.368 e. The van der Waals surface area contributed by atoms with Crippen LogP contribution in [0.1, 0.15) is 12.8 Å². The predicted octanol–water partition coefficient (Wildman–Crippen LogP) is 3.16. The van der Waals surface area contributed by atoms with Crippen LogP contribution in [0, 0.1) is 0 Å². The molecule has 1 heterocycles. The molecule has 0 aromatic heterocycles. The smallest absolute Gasteiger partial charge is 0.136 e. The molecule has 1 aliphatic rings. The number of halogens is 2. The Balaban J connectivity index is 2.26. The zero-order chi connectivity index (χ0) is 10.8. The Morgan fingerprint density at radius 3 is 2.13 bits per heavy atom. The molecule has 1 aromatic rings. The van der Waals surface area contributed by atoms with E-state index in [0.29, 0.717) is 41.8 Å². The number of piperidine rings is 1. The Kier molecular flexibility index (Phi) is 3.17. The van der Waals surface area contributed by atoms with E-state index < -0.39 is 0 Å². The molecule has 1 aliphatic heterocycles. The zero-order valence-electron chi connectivity index (χ0n) is 8.17. The van der Waals surface area contributed by atoms with Gasteiger partial charge in [0.15, 0.2) is 0 Å². The SMILES string of the molecule is O=C1CCN(c2c(Cl)cccc2Cl)CC1. The summed E-state index contributed by atoms with van der Waals surface area (Å²) in [7, 11) is 0. The molecule has 15 heavy (non-hydrogen) atoms. The second kappa shape index (κ2) is 4.42. The summed E-state index contributed by atoms with van der Waals surface area (Å²) in [5.74, 6) is 0.314. The summed E-state index contributed by atoms with van der Waals surface area (Å²) in [4.78, 5) is 13.2. The standard InChI is InChI=1S/C11H11Cl2NO/c12-9-2-1-3-10(13)11(9)14-6-4-8(15)5-7-14/h1-3H,4-7H2. The second-order valence-corrected chi connectivity index (χ2v) is 4.41. The molecule has 4 heteroatoms. The van der Waals surface area contributed by atoms with Crippen molar-refractivity contribution in [3.05, 3.63) is 28.2 Å². The molecular formula is C11H11Cl2NO. The average Bonchev–Trinajstić information content (AvgIpc) is 2.20. The summed E-state index contributed by atoms with van der Waals surface area (Å²) < 4.78 is 0. The van der Waals surface area contributed by atoms with Crippen molar-refractivity contribution in [2.24, 2.45) is 0 Å². The highest BCUT2D eigenvalue weighted by Crippen LogP contribution is 2.34.